The Balaban J connectivity index is 3.07. The van der Waals surface area contributed by atoms with Gasteiger partial charge in [0.25, 0.3) is 0 Å². The summed E-state index contributed by atoms with van der Waals surface area (Å²) in [6.45, 7) is 34.6. The molecule has 0 nitrogen and oxygen atoms in total. The SMILES string of the molecule is CC1=C(C)C2(C)C(=C(C)C1(C)C)C(C)(C)C(C)(C)C(C)(C)C2(C)C. The van der Waals surface area contributed by atoms with E-state index in [9.17, 15) is 0 Å². The van der Waals surface area contributed by atoms with E-state index in [-0.39, 0.29) is 32.5 Å². The molecule has 0 spiro atoms. The van der Waals surface area contributed by atoms with Gasteiger partial charge in [0, 0.05) is 10.8 Å². The molecule has 24 heavy (non-hydrogen) atoms. The van der Waals surface area contributed by atoms with Crippen LogP contribution in [0.15, 0.2) is 22.3 Å². The van der Waals surface area contributed by atoms with Gasteiger partial charge in [-0.05, 0) is 42.4 Å². The fraction of sp³-hybridized carbons (Fsp3) is 0.833. The summed E-state index contributed by atoms with van der Waals surface area (Å²) in [6, 6.07) is 0. The summed E-state index contributed by atoms with van der Waals surface area (Å²) in [5.74, 6) is 0. The van der Waals surface area contributed by atoms with Crippen LogP contribution in [-0.4, -0.2) is 0 Å². The highest BCUT2D eigenvalue weighted by Crippen LogP contribution is 2.78. The number of allylic oxidation sites excluding steroid dienone is 4. The third-order valence-electron chi connectivity index (χ3n) is 10.6. The average molecular weight is 331 g/mol. The quantitative estimate of drug-likeness (QED) is 0.397. The highest BCUT2D eigenvalue weighted by molar-refractivity contribution is 5.52. The molecule has 1 atom stereocenters. The van der Waals surface area contributed by atoms with Crippen molar-refractivity contribution in [2.24, 2.45) is 32.5 Å². The van der Waals surface area contributed by atoms with Crippen molar-refractivity contribution in [2.75, 3.05) is 0 Å². The van der Waals surface area contributed by atoms with Crippen LogP contribution in [0.3, 0.4) is 0 Å². The third kappa shape index (κ3) is 1.67. The van der Waals surface area contributed by atoms with Crippen molar-refractivity contribution in [3.63, 3.8) is 0 Å². The van der Waals surface area contributed by atoms with E-state index in [1.54, 1.807) is 22.3 Å². The second kappa shape index (κ2) is 4.60. The molecule has 2 aliphatic carbocycles. The van der Waals surface area contributed by atoms with E-state index >= 15 is 0 Å². The molecule has 2 rings (SSSR count). The minimum atomic E-state index is 0.110. The Morgan fingerprint density at radius 2 is 0.875 bits per heavy atom. The van der Waals surface area contributed by atoms with E-state index in [0.717, 1.165) is 0 Å². The molecule has 0 heterocycles. The first kappa shape index (κ1) is 19.8. The van der Waals surface area contributed by atoms with Crippen molar-refractivity contribution in [2.45, 2.75) is 96.9 Å². The van der Waals surface area contributed by atoms with Crippen molar-refractivity contribution in [1.29, 1.82) is 0 Å². The van der Waals surface area contributed by atoms with Gasteiger partial charge in [-0.3, -0.25) is 0 Å². The predicted molar refractivity (Wildman–Crippen MR) is 108 cm³/mol. The van der Waals surface area contributed by atoms with Gasteiger partial charge in [0.15, 0.2) is 0 Å². The predicted octanol–water partition coefficient (Wildman–Crippen LogP) is 7.80. The summed E-state index contributed by atoms with van der Waals surface area (Å²) < 4.78 is 0. The fourth-order valence-electron chi connectivity index (χ4n) is 6.38. The normalized spacial score (nSPS) is 35.8. The molecule has 0 aromatic rings. The van der Waals surface area contributed by atoms with Crippen LogP contribution in [0.1, 0.15) is 96.9 Å². The Morgan fingerprint density at radius 1 is 0.458 bits per heavy atom. The van der Waals surface area contributed by atoms with Crippen LogP contribution in [0, 0.1) is 32.5 Å². The molecule has 1 saturated carbocycles. The van der Waals surface area contributed by atoms with Crippen LogP contribution < -0.4 is 0 Å². The molecule has 0 aliphatic heterocycles. The van der Waals surface area contributed by atoms with E-state index in [4.69, 9.17) is 0 Å². The third-order valence-corrected chi connectivity index (χ3v) is 10.6. The van der Waals surface area contributed by atoms with Crippen LogP contribution in [0.25, 0.3) is 0 Å². The number of hydrogen-bond acceptors (Lipinski definition) is 0. The van der Waals surface area contributed by atoms with Gasteiger partial charge in [-0.1, -0.05) is 98.5 Å². The minimum absolute atomic E-state index is 0.110. The Labute approximate surface area is 152 Å². The summed E-state index contributed by atoms with van der Waals surface area (Å²) in [5, 5.41) is 0. The maximum absolute atomic E-state index is 2.54. The topological polar surface area (TPSA) is 0 Å². The lowest BCUT2D eigenvalue weighted by Gasteiger charge is -2.73. The Morgan fingerprint density at radius 3 is 1.29 bits per heavy atom. The highest BCUT2D eigenvalue weighted by Gasteiger charge is 2.70. The lowest BCUT2D eigenvalue weighted by molar-refractivity contribution is -0.165. The number of fused-ring (bicyclic) bond motifs is 1. The maximum Gasteiger partial charge on any atom is 0.0157 e. The second-order valence-electron chi connectivity index (χ2n) is 11.5. The van der Waals surface area contributed by atoms with Gasteiger partial charge in [-0.2, -0.15) is 0 Å². The molecular weight excluding hydrogens is 288 g/mol. The van der Waals surface area contributed by atoms with E-state index in [1.807, 2.05) is 0 Å². The van der Waals surface area contributed by atoms with Crippen molar-refractivity contribution in [1.82, 2.24) is 0 Å². The summed E-state index contributed by atoms with van der Waals surface area (Å²) >= 11 is 0. The van der Waals surface area contributed by atoms with Crippen LogP contribution in [0.2, 0.25) is 0 Å². The molecule has 0 saturated heterocycles. The highest BCUT2D eigenvalue weighted by atomic mass is 14.7. The van der Waals surface area contributed by atoms with Crippen LogP contribution in [0.4, 0.5) is 0 Å². The van der Waals surface area contributed by atoms with Crippen LogP contribution >= 0.6 is 0 Å². The molecule has 0 radical (unpaired) electrons. The second-order valence-corrected chi connectivity index (χ2v) is 11.5. The summed E-state index contributed by atoms with van der Waals surface area (Å²) in [5.41, 5.74) is 7.52. The van der Waals surface area contributed by atoms with Gasteiger partial charge in [0.1, 0.15) is 0 Å². The summed E-state index contributed by atoms with van der Waals surface area (Å²) in [4.78, 5) is 0. The fourth-order valence-corrected chi connectivity index (χ4v) is 6.38. The zero-order valence-electron chi connectivity index (χ0n) is 19.0. The molecule has 1 unspecified atom stereocenters. The summed E-state index contributed by atoms with van der Waals surface area (Å²) in [6.07, 6.45) is 0. The summed E-state index contributed by atoms with van der Waals surface area (Å²) in [7, 11) is 0. The monoisotopic (exact) mass is 330 g/mol. The van der Waals surface area contributed by atoms with Crippen molar-refractivity contribution in [3.05, 3.63) is 22.3 Å². The van der Waals surface area contributed by atoms with Crippen LogP contribution in [0.5, 0.6) is 0 Å². The molecule has 0 amide bonds. The first-order valence-corrected chi connectivity index (χ1v) is 9.75. The van der Waals surface area contributed by atoms with E-state index in [2.05, 4.69) is 96.9 Å². The number of hydrogen-bond donors (Lipinski definition) is 0. The van der Waals surface area contributed by atoms with E-state index < -0.39 is 0 Å². The minimum Gasteiger partial charge on any atom is -0.0638 e. The smallest absolute Gasteiger partial charge is 0.0157 e. The largest absolute Gasteiger partial charge is 0.0638 e. The zero-order valence-corrected chi connectivity index (χ0v) is 19.0. The molecule has 0 bridgehead atoms. The lowest BCUT2D eigenvalue weighted by Crippen LogP contribution is -2.66. The van der Waals surface area contributed by atoms with Crippen molar-refractivity contribution < 1.29 is 0 Å². The Hall–Kier alpha value is -0.520. The lowest BCUT2D eigenvalue weighted by atomic mass is 9.30. The van der Waals surface area contributed by atoms with Crippen molar-refractivity contribution >= 4 is 0 Å². The molecule has 138 valence electrons. The van der Waals surface area contributed by atoms with Gasteiger partial charge < -0.3 is 0 Å². The van der Waals surface area contributed by atoms with Crippen molar-refractivity contribution in [3.8, 4) is 0 Å². The first-order valence-electron chi connectivity index (χ1n) is 9.75. The maximum atomic E-state index is 2.54. The molecule has 0 N–H and O–H groups in total. The standard InChI is InChI=1S/C24H42/c1-15-16(2)24(14)18(17(3)19(15,4)5)20(6,7)21(8,9)22(10,11)23(24,12)13/h1-14H3. The Bertz CT molecular complexity index is 644. The first-order chi connectivity index (χ1) is 10.3. The van der Waals surface area contributed by atoms with Gasteiger partial charge in [-0.25, -0.2) is 0 Å². The Kier molecular flexibility index (Phi) is 3.80. The molecule has 1 fully saturated rings. The molecule has 0 aromatic heterocycles. The molecule has 2 aliphatic rings. The van der Waals surface area contributed by atoms with E-state index in [0.29, 0.717) is 0 Å². The van der Waals surface area contributed by atoms with Gasteiger partial charge in [0.2, 0.25) is 0 Å². The number of rotatable bonds is 0. The molecule has 0 aromatic carbocycles. The van der Waals surface area contributed by atoms with Gasteiger partial charge in [0.05, 0.1) is 0 Å². The zero-order chi connectivity index (χ0) is 19.3. The van der Waals surface area contributed by atoms with Gasteiger partial charge >= 0.3 is 0 Å². The van der Waals surface area contributed by atoms with Crippen LogP contribution in [-0.2, 0) is 0 Å². The average Bonchev–Trinajstić information content (AvgIpc) is 2.41. The molecular formula is C24H42. The van der Waals surface area contributed by atoms with E-state index in [1.165, 1.54) is 0 Å². The van der Waals surface area contributed by atoms with Gasteiger partial charge in [-0.15, -0.1) is 0 Å². The molecule has 0 heteroatoms.